The third-order valence-electron chi connectivity index (χ3n) is 4.18. The van der Waals surface area contributed by atoms with Gasteiger partial charge in [0, 0.05) is 29.7 Å². The number of aromatic nitrogens is 1. The second-order valence-electron chi connectivity index (χ2n) is 6.31. The van der Waals surface area contributed by atoms with Crippen LogP contribution in [-0.2, 0) is 4.79 Å². The second kappa shape index (κ2) is 9.80. The van der Waals surface area contributed by atoms with E-state index in [2.05, 4.69) is 20.8 Å². The highest BCUT2D eigenvalue weighted by Gasteiger charge is 2.14. The molecule has 0 radical (unpaired) electrons. The van der Waals surface area contributed by atoms with Crippen LogP contribution in [0.4, 0.5) is 0 Å². The molecule has 2 amide bonds. The Labute approximate surface area is 143 Å². The van der Waals surface area contributed by atoms with Crippen LogP contribution in [0.3, 0.4) is 0 Å². The molecule has 2 N–H and O–H groups in total. The number of nitrogens with zero attached hydrogens (tertiary/aromatic N) is 2. The fraction of sp³-hybridized carbons (Fsp3) is 0.556. The van der Waals surface area contributed by atoms with Crippen LogP contribution in [-0.4, -0.2) is 28.6 Å². The number of hydrazone groups is 1. The van der Waals surface area contributed by atoms with E-state index in [9.17, 15) is 9.59 Å². The average Bonchev–Trinajstić information content (AvgIpc) is 2.56. The first kappa shape index (κ1) is 18.1. The number of hydrogen-bond acceptors (Lipinski definition) is 4. The van der Waals surface area contributed by atoms with Crippen molar-refractivity contribution < 1.29 is 9.59 Å². The van der Waals surface area contributed by atoms with Crippen molar-refractivity contribution in [2.45, 2.75) is 64.3 Å². The molecule has 0 aromatic carbocycles. The molecule has 130 valence electrons. The van der Waals surface area contributed by atoms with Gasteiger partial charge in [0.15, 0.2) is 0 Å². The van der Waals surface area contributed by atoms with Gasteiger partial charge in [0.1, 0.15) is 0 Å². The van der Waals surface area contributed by atoms with E-state index in [1.54, 1.807) is 31.5 Å². The number of nitrogens with one attached hydrogen (secondary N) is 2. The van der Waals surface area contributed by atoms with Crippen LogP contribution in [0.25, 0.3) is 0 Å². The zero-order valence-corrected chi connectivity index (χ0v) is 14.3. The molecule has 2 rings (SSSR count). The quantitative estimate of drug-likeness (QED) is 0.643. The Morgan fingerprint density at radius 2 is 1.75 bits per heavy atom. The van der Waals surface area contributed by atoms with Gasteiger partial charge in [-0.2, -0.15) is 5.10 Å². The lowest BCUT2D eigenvalue weighted by atomic mass is 9.96. The summed E-state index contributed by atoms with van der Waals surface area (Å²) in [6.45, 7) is 1.74. The molecule has 0 saturated heterocycles. The number of hydrogen-bond donors (Lipinski definition) is 2. The molecule has 1 aromatic rings. The van der Waals surface area contributed by atoms with Crippen molar-refractivity contribution in [3.63, 3.8) is 0 Å². The normalized spacial score (nSPS) is 16.8. The van der Waals surface area contributed by atoms with Gasteiger partial charge in [-0.3, -0.25) is 14.6 Å². The largest absolute Gasteiger partial charge is 0.353 e. The van der Waals surface area contributed by atoms with Crippen LogP contribution in [0.1, 0.15) is 68.6 Å². The van der Waals surface area contributed by atoms with E-state index < -0.39 is 0 Å². The van der Waals surface area contributed by atoms with Gasteiger partial charge in [-0.15, -0.1) is 0 Å². The Bertz CT molecular complexity index is 564. The molecule has 6 nitrogen and oxygen atoms in total. The molecule has 1 fully saturated rings. The van der Waals surface area contributed by atoms with Crippen molar-refractivity contribution in [3.8, 4) is 0 Å². The minimum absolute atomic E-state index is 0.0278. The molecule has 0 aliphatic heterocycles. The van der Waals surface area contributed by atoms with Crippen molar-refractivity contribution in [1.29, 1.82) is 0 Å². The molecule has 0 atom stereocenters. The number of rotatable bonds is 5. The minimum atomic E-state index is -0.308. The fourth-order valence-corrected chi connectivity index (χ4v) is 2.87. The topological polar surface area (TPSA) is 83.5 Å². The van der Waals surface area contributed by atoms with Gasteiger partial charge in [0.05, 0.1) is 6.42 Å². The first-order chi connectivity index (χ1) is 11.6. The number of carbonyl (C=O) groups is 2. The molecule has 1 heterocycles. The Balaban J connectivity index is 1.76. The first-order valence-corrected chi connectivity index (χ1v) is 8.68. The average molecular weight is 330 g/mol. The van der Waals surface area contributed by atoms with Crippen LogP contribution in [0, 0.1) is 0 Å². The maximum Gasteiger partial charge on any atom is 0.271 e. The van der Waals surface area contributed by atoms with Crippen molar-refractivity contribution >= 4 is 17.5 Å². The lowest BCUT2D eigenvalue weighted by molar-refractivity contribution is -0.120. The fourth-order valence-electron chi connectivity index (χ4n) is 2.87. The number of amides is 2. The lowest BCUT2D eigenvalue weighted by Gasteiger charge is -2.21. The van der Waals surface area contributed by atoms with Gasteiger partial charge in [-0.25, -0.2) is 5.43 Å². The summed E-state index contributed by atoms with van der Waals surface area (Å²) in [4.78, 5) is 27.9. The summed E-state index contributed by atoms with van der Waals surface area (Å²) in [5, 5.41) is 7.10. The summed E-state index contributed by atoms with van der Waals surface area (Å²) < 4.78 is 0. The monoisotopic (exact) mass is 330 g/mol. The third-order valence-corrected chi connectivity index (χ3v) is 4.18. The van der Waals surface area contributed by atoms with E-state index in [0.717, 1.165) is 12.8 Å². The van der Waals surface area contributed by atoms with Crippen molar-refractivity contribution in [2.24, 2.45) is 5.10 Å². The first-order valence-electron chi connectivity index (χ1n) is 8.68. The van der Waals surface area contributed by atoms with E-state index in [0.29, 0.717) is 11.3 Å². The third kappa shape index (κ3) is 6.48. The Kier molecular flexibility index (Phi) is 7.39. The van der Waals surface area contributed by atoms with Crippen molar-refractivity contribution in [3.05, 3.63) is 30.1 Å². The molecule has 1 aliphatic rings. The summed E-state index contributed by atoms with van der Waals surface area (Å²) in [5.41, 5.74) is 3.54. The van der Waals surface area contributed by atoms with Gasteiger partial charge >= 0.3 is 0 Å². The lowest BCUT2D eigenvalue weighted by Crippen LogP contribution is -2.36. The zero-order valence-electron chi connectivity index (χ0n) is 14.3. The summed E-state index contributed by atoms with van der Waals surface area (Å²) in [6.07, 6.45) is 11.6. The molecular weight excluding hydrogens is 304 g/mol. The van der Waals surface area contributed by atoms with Gasteiger partial charge < -0.3 is 5.32 Å². The van der Waals surface area contributed by atoms with Gasteiger partial charge in [0.25, 0.3) is 5.91 Å². The highest BCUT2D eigenvalue weighted by Crippen LogP contribution is 2.17. The predicted octanol–water partition coefficient (Wildman–Crippen LogP) is 2.81. The Morgan fingerprint density at radius 3 is 2.42 bits per heavy atom. The molecule has 0 spiro atoms. The smallest absolute Gasteiger partial charge is 0.271 e. The summed E-state index contributed by atoms with van der Waals surface area (Å²) in [7, 11) is 0. The van der Waals surface area contributed by atoms with E-state index >= 15 is 0 Å². The van der Waals surface area contributed by atoms with Crippen LogP contribution < -0.4 is 10.7 Å². The van der Waals surface area contributed by atoms with Crippen LogP contribution >= 0.6 is 0 Å². The van der Waals surface area contributed by atoms with E-state index in [1.165, 1.54) is 32.1 Å². The van der Waals surface area contributed by atoms with Crippen molar-refractivity contribution in [1.82, 2.24) is 15.7 Å². The summed E-state index contributed by atoms with van der Waals surface area (Å²) >= 11 is 0. The van der Waals surface area contributed by atoms with Crippen LogP contribution in [0.2, 0.25) is 0 Å². The standard InChI is InChI=1S/C18H26N4O2/c1-14(21-22-18(24)15-9-11-19-12-10-15)13-17(23)20-16-7-5-3-2-4-6-8-16/h9-12,16H,2-8,13H2,1H3,(H,20,23)(H,22,24)/b21-14+. The van der Waals surface area contributed by atoms with Crippen molar-refractivity contribution in [2.75, 3.05) is 0 Å². The summed E-state index contributed by atoms with van der Waals surface area (Å²) in [6, 6.07) is 3.50. The van der Waals surface area contributed by atoms with E-state index in [1.807, 2.05) is 0 Å². The van der Waals surface area contributed by atoms with Crippen LogP contribution in [0.5, 0.6) is 0 Å². The van der Waals surface area contributed by atoms with E-state index in [-0.39, 0.29) is 24.3 Å². The molecule has 0 unspecified atom stereocenters. The number of carbonyl (C=O) groups excluding carboxylic acids is 2. The maximum absolute atomic E-state index is 12.1. The number of pyridine rings is 1. The second-order valence-corrected chi connectivity index (χ2v) is 6.31. The highest BCUT2D eigenvalue weighted by molar-refractivity contribution is 6.01. The molecular formula is C18H26N4O2. The molecule has 1 aliphatic carbocycles. The van der Waals surface area contributed by atoms with Crippen LogP contribution in [0.15, 0.2) is 29.6 Å². The summed E-state index contributed by atoms with van der Waals surface area (Å²) in [5.74, 6) is -0.336. The molecule has 6 heteroatoms. The highest BCUT2D eigenvalue weighted by atomic mass is 16.2. The van der Waals surface area contributed by atoms with E-state index in [4.69, 9.17) is 0 Å². The maximum atomic E-state index is 12.1. The zero-order chi connectivity index (χ0) is 17.2. The van der Waals surface area contributed by atoms with Gasteiger partial charge in [0.2, 0.25) is 5.91 Å². The van der Waals surface area contributed by atoms with Gasteiger partial charge in [-0.1, -0.05) is 32.1 Å². The molecule has 1 saturated carbocycles. The molecule has 0 bridgehead atoms. The van der Waals surface area contributed by atoms with Gasteiger partial charge in [-0.05, 0) is 31.9 Å². The Hall–Kier alpha value is -2.24. The minimum Gasteiger partial charge on any atom is -0.353 e. The Morgan fingerprint density at radius 1 is 1.12 bits per heavy atom. The molecule has 1 aromatic heterocycles. The predicted molar refractivity (Wildman–Crippen MR) is 93.7 cm³/mol. The SMILES string of the molecule is C/C(CC(=O)NC1CCCCCCC1)=N\NC(=O)c1ccncc1. The molecule has 24 heavy (non-hydrogen) atoms.